The summed E-state index contributed by atoms with van der Waals surface area (Å²) in [6, 6.07) is 11.3. The van der Waals surface area contributed by atoms with Crippen molar-refractivity contribution in [2.24, 2.45) is 0 Å². The second kappa shape index (κ2) is 6.91. The normalized spacial score (nSPS) is 11.1. The minimum Gasteiger partial charge on any atom is -0.310 e. The monoisotopic (exact) mass is 286 g/mol. The van der Waals surface area contributed by atoms with Gasteiger partial charge in [-0.05, 0) is 37.1 Å². The predicted octanol–water partition coefficient (Wildman–Crippen LogP) is 4.35. The zero-order valence-corrected chi connectivity index (χ0v) is 13.4. The van der Waals surface area contributed by atoms with E-state index in [0.717, 1.165) is 11.6 Å². The number of nitrogens with one attached hydrogen (secondary N) is 1. The lowest BCUT2D eigenvalue weighted by Gasteiger charge is -2.10. The first-order valence-electron chi connectivity index (χ1n) is 6.98. The Morgan fingerprint density at radius 2 is 1.85 bits per heavy atom. The third kappa shape index (κ3) is 4.36. The summed E-state index contributed by atoms with van der Waals surface area (Å²) < 4.78 is 0. The van der Waals surface area contributed by atoms with Crippen molar-refractivity contribution in [3.63, 3.8) is 0 Å². The van der Waals surface area contributed by atoms with E-state index < -0.39 is 0 Å². The summed E-state index contributed by atoms with van der Waals surface area (Å²) >= 11 is 1.72. The molecule has 0 atom stereocenters. The minimum absolute atomic E-state index is 0.497. The molecule has 3 heteroatoms. The van der Waals surface area contributed by atoms with E-state index in [2.05, 4.69) is 68.3 Å². The SMILES string of the molecule is Cc1ccc(Sc2ncc(CNC(C)C)cc2C)cc1. The van der Waals surface area contributed by atoms with Crippen LogP contribution in [-0.4, -0.2) is 11.0 Å². The second-order valence-corrected chi connectivity index (χ2v) is 6.48. The Morgan fingerprint density at radius 1 is 1.15 bits per heavy atom. The number of aromatic nitrogens is 1. The quantitative estimate of drug-likeness (QED) is 0.884. The molecule has 0 bridgehead atoms. The van der Waals surface area contributed by atoms with Gasteiger partial charge in [0.15, 0.2) is 0 Å². The van der Waals surface area contributed by atoms with Gasteiger partial charge in [-0.3, -0.25) is 0 Å². The van der Waals surface area contributed by atoms with Gasteiger partial charge in [0.05, 0.1) is 0 Å². The molecule has 0 saturated carbocycles. The molecule has 0 unspecified atom stereocenters. The summed E-state index contributed by atoms with van der Waals surface area (Å²) in [6.45, 7) is 9.42. The van der Waals surface area contributed by atoms with Crippen molar-refractivity contribution in [2.45, 2.75) is 50.2 Å². The summed E-state index contributed by atoms with van der Waals surface area (Å²) in [6.07, 6.45) is 1.97. The van der Waals surface area contributed by atoms with Gasteiger partial charge < -0.3 is 5.32 Å². The first-order chi connectivity index (χ1) is 9.54. The average molecular weight is 286 g/mol. The number of hydrogen-bond acceptors (Lipinski definition) is 3. The van der Waals surface area contributed by atoms with Crippen molar-refractivity contribution in [1.29, 1.82) is 0 Å². The maximum atomic E-state index is 4.60. The van der Waals surface area contributed by atoms with Gasteiger partial charge in [0.2, 0.25) is 0 Å². The molecule has 2 rings (SSSR count). The van der Waals surface area contributed by atoms with Crippen LogP contribution in [0, 0.1) is 13.8 Å². The number of nitrogens with zero attached hydrogens (tertiary/aromatic N) is 1. The molecule has 0 aliphatic carbocycles. The smallest absolute Gasteiger partial charge is 0.104 e. The zero-order valence-electron chi connectivity index (χ0n) is 12.6. The molecule has 106 valence electrons. The Balaban J connectivity index is 2.07. The highest BCUT2D eigenvalue weighted by Crippen LogP contribution is 2.28. The number of pyridine rings is 1. The summed E-state index contributed by atoms with van der Waals surface area (Å²) in [5.74, 6) is 0. The van der Waals surface area contributed by atoms with E-state index in [1.54, 1.807) is 11.8 Å². The predicted molar refractivity (Wildman–Crippen MR) is 86.3 cm³/mol. The van der Waals surface area contributed by atoms with Crippen LogP contribution in [0.5, 0.6) is 0 Å². The third-order valence-corrected chi connectivity index (χ3v) is 4.17. The van der Waals surface area contributed by atoms with Crippen molar-refractivity contribution in [1.82, 2.24) is 10.3 Å². The van der Waals surface area contributed by atoms with Crippen molar-refractivity contribution in [3.05, 3.63) is 53.2 Å². The number of benzene rings is 1. The molecule has 0 spiro atoms. The Kier molecular flexibility index (Phi) is 5.21. The number of rotatable bonds is 5. The van der Waals surface area contributed by atoms with Gasteiger partial charge in [-0.15, -0.1) is 0 Å². The van der Waals surface area contributed by atoms with E-state index >= 15 is 0 Å². The Labute approximate surface area is 126 Å². The molecular formula is C17H22N2S. The lowest BCUT2D eigenvalue weighted by molar-refractivity contribution is 0.587. The number of hydrogen-bond donors (Lipinski definition) is 1. The van der Waals surface area contributed by atoms with Crippen LogP contribution in [0.3, 0.4) is 0 Å². The molecule has 1 aromatic heterocycles. The van der Waals surface area contributed by atoms with Gasteiger partial charge in [0.25, 0.3) is 0 Å². The fourth-order valence-corrected chi connectivity index (χ4v) is 2.68. The van der Waals surface area contributed by atoms with Crippen LogP contribution < -0.4 is 5.32 Å². The van der Waals surface area contributed by atoms with E-state index in [1.165, 1.54) is 21.6 Å². The fraction of sp³-hybridized carbons (Fsp3) is 0.353. The van der Waals surface area contributed by atoms with Crippen molar-refractivity contribution < 1.29 is 0 Å². The fourth-order valence-electron chi connectivity index (χ4n) is 1.86. The van der Waals surface area contributed by atoms with Crippen LogP contribution in [0.25, 0.3) is 0 Å². The van der Waals surface area contributed by atoms with Gasteiger partial charge in [-0.1, -0.05) is 49.4 Å². The molecule has 20 heavy (non-hydrogen) atoms. The highest BCUT2D eigenvalue weighted by atomic mass is 32.2. The minimum atomic E-state index is 0.497. The first kappa shape index (κ1) is 15.1. The Morgan fingerprint density at radius 3 is 2.45 bits per heavy atom. The summed E-state index contributed by atoms with van der Waals surface area (Å²) in [5, 5.41) is 4.50. The molecule has 1 aromatic carbocycles. The van der Waals surface area contributed by atoms with Crippen LogP contribution in [0.15, 0.2) is 46.5 Å². The summed E-state index contributed by atoms with van der Waals surface area (Å²) in [7, 11) is 0. The molecule has 1 heterocycles. The van der Waals surface area contributed by atoms with E-state index in [-0.39, 0.29) is 0 Å². The molecule has 0 saturated heterocycles. The summed E-state index contributed by atoms with van der Waals surface area (Å²) in [4.78, 5) is 5.83. The third-order valence-electron chi connectivity index (χ3n) is 3.04. The standard InChI is InChI=1S/C17H22N2S/c1-12(2)18-10-15-9-14(4)17(19-11-15)20-16-7-5-13(3)6-8-16/h5-9,11-12,18H,10H2,1-4H3. The summed E-state index contributed by atoms with van der Waals surface area (Å²) in [5.41, 5.74) is 3.76. The van der Waals surface area contributed by atoms with Gasteiger partial charge >= 0.3 is 0 Å². The van der Waals surface area contributed by atoms with E-state index in [1.807, 2.05) is 6.20 Å². The van der Waals surface area contributed by atoms with E-state index in [9.17, 15) is 0 Å². The Hall–Kier alpha value is -1.32. The molecule has 1 N–H and O–H groups in total. The average Bonchev–Trinajstić information content (AvgIpc) is 2.41. The van der Waals surface area contributed by atoms with Crippen LogP contribution >= 0.6 is 11.8 Å². The van der Waals surface area contributed by atoms with E-state index in [4.69, 9.17) is 0 Å². The molecular weight excluding hydrogens is 264 g/mol. The molecule has 0 aliphatic rings. The van der Waals surface area contributed by atoms with Crippen molar-refractivity contribution in [2.75, 3.05) is 0 Å². The van der Waals surface area contributed by atoms with Crippen LogP contribution in [0.1, 0.15) is 30.5 Å². The molecule has 0 radical (unpaired) electrons. The van der Waals surface area contributed by atoms with Gasteiger partial charge in [0, 0.05) is 23.7 Å². The highest BCUT2D eigenvalue weighted by Gasteiger charge is 2.05. The van der Waals surface area contributed by atoms with Gasteiger partial charge in [0.1, 0.15) is 5.03 Å². The zero-order chi connectivity index (χ0) is 14.5. The number of aryl methyl sites for hydroxylation is 2. The van der Waals surface area contributed by atoms with Gasteiger partial charge in [-0.2, -0.15) is 0 Å². The molecule has 0 fully saturated rings. The van der Waals surface area contributed by atoms with Crippen LogP contribution in [0.2, 0.25) is 0 Å². The van der Waals surface area contributed by atoms with Gasteiger partial charge in [-0.25, -0.2) is 4.98 Å². The molecule has 0 amide bonds. The lowest BCUT2D eigenvalue weighted by atomic mass is 10.2. The maximum absolute atomic E-state index is 4.60. The van der Waals surface area contributed by atoms with Crippen LogP contribution in [0.4, 0.5) is 0 Å². The molecule has 2 aromatic rings. The van der Waals surface area contributed by atoms with Crippen LogP contribution in [-0.2, 0) is 6.54 Å². The topological polar surface area (TPSA) is 24.9 Å². The Bertz CT molecular complexity index is 562. The maximum Gasteiger partial charge on any atom is 0.104 e. The van der Waals surface area contributed by atoms with Crippen molar-refractivity contribution >= 4 is 11.8 Å². The first-order valence-corrected chi connectivity index (χ1v) is 7.79. The molecule has 2 nitrogen and oxygen atoms in total. The highest BCUT2D eigenvalue weighted by molar-refractivity contribution is 7.99. The lowest BCUT2D eigenvalue weighted by Crippen LogP contribution is -2.21. The largest absolute Gasteiger partial charge is 0.310 e. The van der Waals surface area contributed by atoms with Crippen molar-refractivity contribution in [3.8, 4) is 0 Å². The van der Waals surface area contributed by atoms with E-state index in [0.29, 0.717) is 6.04 Å². The molecule has 0 aliphatic heterocycles. The second-order valence-electron chi connectivity index (χ2n) is 5.42.